The molecule has 1 aromatic rings. The fourth-order valence-electron chi connectivity index (χ4n) is 1.19. The smallest absolute Gasteiger partial charge is 0.253 e. The fourth-order valence-corrected chi connectivity index (χ4v) is 3.24. The summed E-state index contributed by atoms with van der Waals surface area (Å²) in [6, 6.07) is 1.85. The Labute approximate surface area is 99.6 Å². The van der Waals surface area contributed by atoms with Gasteiger partial charge in [0.25, 0.3) is 5.91 Å². The number of hydrogen-bond donors (Lipinski definition) is 1. The molecule has 76 valence electrons. The van der Waals surface area contributed by atoms with E-state index in [1.807, 2.05) is 23.2 Å². The van der Waals surface area contributed by atoms with Crippen molar-refractivity contribution in [2.75, 3.05) is 18.1 Å². The third-order valence-corrected chi connectivity index (χ3v) is 5.22. The summed E-state index contributed by atoms with van der Waals surface area (Å²) in [5.41, 5.74) is 0.752. The molecule has 0 aromatic carbocycles. The van der Waals surface area contributed by atoms with Crippen LogP contribution in [0.25, 0.3) is 0 Å². The molecule has 1 saturated heterocycles. The minimum absolute atomic E-state index is 0.0371. The first-order valence-electron chi connectivity index (χ1n) is 4.36. The zero-order valence-electron chi connectivity index (χ0n) is 7.46. The van der Waals surface area contributed by atoms with E-state index < -0.39 is 0 Å². The van der Waals surface area contributed by atoms with Gasteiger partial charge in [0, 0.05) is 6.54 Å². The molecule has 0 atom stereocenters. The van der Waals surface area contributed by atoms with E-state index in [0.29, 0.717) is 5.92 Å². The van der Waals surface area contributed by atoms with Crippen LogP contribution >= 0.6 is 39.0 Å². The fraction of sp³-hybridized carbons (Fsp3) is 0.444. The van der Waals surface area contributed by atoms with Crippen molar-refractivity contribution < 1.29 is 4.79 Å². The Hall–Kier alpha value is -0.000000000000000111. The van der Waals surface area contributed by atoms with Gasteiger partial charge in [0.05, 0.1) is 9.35 Å². The van der Waals surface area contributed by atoms with E-state index >= 15 is 0 Å². The van der Waals surface area contributed by atoms with Gasteiger partial charge in [0.15, 0.2) is 0 Å². The largest absolute Gasteiger partial charge is 0.352 e. The molecule has 0 unspecified atom stereocenters. The minimum atomic E-state index is 0.0371. The molecule has 1 aliphatic heterocycles. The van der Waals surface area contributed by atoms with E-state index in [-0.39, 0.29) is 5.91 Å². The molecule has 1 amide bonds. The zero-order valence-corrected chi connectivity index (χ0v) is 10.7. The van der Waals surface area contributed by atoms with Crippen molar-refractivity contribution in [3.05, 3.63) is 20.8 Å². The van der Waals surface area contributed by atoms with Crippen LogP contribution in [-0.4, -0.2) is 24.0 Å². The van der Waals surface area contributed by atoms with Crippen molar-refractivity contribution in [1.82, 2.24) is 5.32 Å². The predicted octanol–water partition coefficient (Wildman–Crippen LogP) is 2.60. The average Bonchev–Trinajstić information content (AvgIpc) is 2.48. The molecule has 2 nitrogen and oxygen atoms in total. The van der Waals surface area contributed by atoms with Gasteiger partial charge in [-0.05, 0) is 44.8 Å². The Kier molecular flexibility index (Phi) is 3.52. The molecule has 1 aromatic heterocycles. The summed E-state index contributed by atoms with van der Waals surface area (Å²) in [6.45, 7) is 0.814. The van der Waals surface area contributed by atoms with Crippen LogP contribution < -0.4 is 5.32 Å². The van der Waals surface area contributed by atoms with Gasteiger partial charge in [0.1, 0.15) is 0 Å². The van der Waals surface area contributed by atoms with Crippen LogP contribution in [0.5, 0.6) is 0 Å². The van der Waals surface area contributed by atoms with Gasteiger partial charge >= 0.3 is 0 Å². The zero-order chi connectivity index (χ0) is 9.97. The van der Waals surface area contributed by atoms with E-state index in [2.05, 4.69) is 21.2 Å². The Morgan fingerprint density at radius 2 is 2.43 bits per heavy atom. The van der Waals surface area contributed by atoms with E-state index in [9.17, 15) is 4.79 Å². The lowest BCUT2D eigenvalue weighted by atomic mass is 10.2. The quantitative estimate of drug-likeness (QED) is 0.928. The first kappa shape index (κ1) is 10.5. The summed E-state index contributed by atoms with van der Waals surface area (Å²) in [4.78, 5) is 11.6. The highest BCUT2D eigenvalue weighted by molar-refractivity contribution is 9.11. The molecule has 0 aliphatic carbocycles. The summed E-state index contributed by atoms with van der Waals surface area (Å²) in [5.74, 6) is 3.09. The number of rotatable bonds is 3. The molecule has 0 saturated carbocycles. The maximum atomic E-state index is 11.6. The molecule has 14 heavy (non-hydrogen) atoms. The van der Waals surface area contributed by atoms with E-state index in [4.69, 9.17) is 0 Å². The second-order valence-electron chi connectivity index (χ2n) is 3.22. The topological polar surface area (TPSA) is 29.1 Å². The van der Waals surface area contributed by atoms with Crippen LogP contribution in [0.2, 0.25) is 0 Å². The van der Waals surface area contributed by atoms with Crippen LogP contribution in [0.1, 0.15) is 10.4 Å². The number of carbonyl (C=O) groups is 1. The summed E-state index contributed by atoms with van der Waals surface area (Å²) in [7, 11) is 0. The molecule has 1 fully saturated rings. The van der Waals surface area contributed by atoms with E-state index in [0.717, 1.165) is 15.9 Å². The second kappa shape index (κ2) is 4.68. The maximum Gasteiger partial charge on any atom is 0.253 e. The SMILES string of the molecule is O=C(NCC1CSC1)c1ccsc1Br. The van der Waals surface area contributed by atoms with Crippen molar-refractivity contribution in [2.45, 2.75) is 0 Å². The Morgan fingerprint density at radius 1 is 1.64 bits per heavy atom. The molecule has 0 spiro atoms. The molecular weight excluding hydrogens is 282 g/mol. The molecule has 2 heterocycles. The first-order valence-corrected chi connectivity index (χ1v) is 7.19. The number of thiophene rings is 1. The summed E-state index contributed by atoms with van der Waals surface area (Å²) < 4.78 is 0.915. The van der Waals surface area contributed by atoms with Crippen LogP contribution in [0, 0.1) is 5.92 Å². The second-order valence-corrected chi connectivity index (χ2v) is 6.53. The monoisotopic (exact) mass is 291 g/mol. The van der Waals surface area contributed by atoms with Crippen LogP contribution in [0.3, 0.4) is 0 Å². The van der Waals surface area contributed by atoms with Crippen molar-refractivity contribution in [3.63, 3.8) is 0 Å². The van der Waals surface area contributed by atoms with Crippen LogP contribution in [0.4, 0.5) is 0 Å². The third kappa shape index (κ3) is 2.32. The number of thioether (sulfide) groups is 1. The number of halogens is 1. The maximum absolute atomic E-state index is 11.6. The van der Waals surface area contributed by atoms with Crippen molar-refractivity contribution in [3.8, 4) is 0 Å². The number of amides is 1. The predicted molar refractivity (Wildman–Crippen MR) is 65.2 cm³/mol. The highest BCUT2D eigenvalue weighted by Crippen LogP contribution is 2.25. The van der Waals surface area contributed by atoms with Gasteiger partial charge in [-0.3, -0.25) is 4.79 Å². The highest BCUT2D eigenvalue weighted by Gasteiger charge is 2.19. The lowest BCUT2D eigenvalue weighted by molar-refractivity contribution is 0.0949. The van der Waals surface area contributed by atoms with Crippen molar-refractivity contribution in [1.29, 1.82) is 0 Å². The van der Waals surface area contributed by atoms with Gasteiger partial charge in [0.2, 0.25) is 0 Å². The molecule has 2 rings (SSSR count). The summed E-state index contributed by atoms with van der Waals surface area (Å²) in [5, 5.41) is 4.87. The van der Waals surface area contributed by atoms with Gasteiger partial charge in [-0.1, -0.05) is 0 Å². The number of hydrogen-bond acceptors (Lipinski definition) is 3. The van der Waals surface area contributed by atoms with Gasteiger partial charge in [-0.2, -0.15) is 11.8 Å². The van der Waals surface area contributed by atoms with Gasteiger partial charge < -0.3 is 5.32 Å². The Bertz CT molecular complexity index is 335. The summed E-state index contributed by atoms with van der Waals surface area (Å²) in [6.07, 6.45) is 0. The first-order chi connectivity index (χ1) is 6.77. The molecule has 0 bridgehead atoms. The normalized spacial score (nSPS) is 16.4. The molecule has 5 heteroatoms. The van der Waals surface area contributed by atoms with Crippen LogP contribution in [-0.2, 0) is 0 Å². The lowest BCUT2D eigenvalue weighted by Gasteiger charge is -2.24. The average molecular weight is 292 g/mol. The van der Waals surface area contributed by atoms with Crippen molar-refractivity contribution in [2.24, 2.45) is 5.92 Å². The third-order valence-electron chi connectivity index (χ3n) is 2.12. The van der Waals surface area contributed by atoms with Crippen molar-refractivity contribution >= 4 is 44.9 Å². The number of nitrogens with one attached hydrogen (secondary N) is 1. The molecule has 1 N–H and O–H groups in total. The summed E-state index contributed by atoms with van der Waals surface area (Å²) >= 11 is 6.84. The Balaban J connectivity index is 1.86. The highest BCUT2D eigenvalue weighted by atomic mass is 79.9. The van der Waals surface area contributed by atoms with Gasteiger partial charge in [-0.15, -0.1) is 11.3 Å². The van der Waals surface area contributed by atoms with Gasteiger partial charge in [-0.25, -0.2) is 0 Å². The Morgan fingerprint density at radius 3 is 2.93 bits per heavy atom. The lowest BCUT2D eigenvalue weighted by Crippen LogP contribution is -2.34. The molecular formula is C9H10BrNOS2. The van der Waals surface area contributed by atoms with E-state index in [1.165, 1.54) is 22.8 Å². The minimum Gasteiger partial charge on any atom is -0.352 e. The standard InChI is InChI=1S/C9H10BrNOS2/c10-8-7(1-2-14-8)9(12)11-3-6-4-13-5-6/h1-2,6H,3-5H2,(H,11,12). The number of carbonyl (C=O) groups excluding carboxylic acids is 1. The van der Waals surface area contributed by atoms with E-state index in [1.54, 1.807) is 0 Å². The molecule has 0 radical (unpaired) electrons. The van der Waals surface area contributed by atoms with Crippen LogP contribution in [0.15, 0.2) is 15.2 Å². The molecule has 1 aliphatic rings.